The average Bonchev–Trinajstić information content (AvgIpc) is 3.18. The zero-order chi connectivity index (χ0) is 19.8. The number of hydrogen-bond acceptors (Lipinski definition) is 7. The fourth-order valence-electron chi connectivity index (χ4n) is 2.29. The molecule has 1 heterocycles. The molecule has 3 rings (SSSR count). The second-order valence-electron chi connectivity index (χ2n) is 5.69. The van der Waals surface area contributed by atoms with Gasteiger partial charge in [-0.3, -0.25) is 4.79 Å². The van der Waals surface area contributed by atoms with Crippen LogP contribution in [0.15, 0.2) is 53.1 Å². The van der Waals surface area contributed by atoms with Gasteiger partial charge in [-0.25, -0.2) is 4.39 Å². The number of halogens is 1. The summed E-state index contributed by atoms with van der Waals surface area (Å²) in [4.78, 5) is 15.9. The molecule has 0 aliphatic rings. The van der Waals surface area contributed by atoms with Crippen molar-refractivity contribution >= 4 is 5.97 Å². The first-order chi connectivity index (χ1) is 13.6. The van der Waals surface area contributed by atoms with Gasteiger partial charge in [-0.05, 0) is 55.5 Å². The molecule has 0 aliphatic carbocycles. The highest BCUT2D eigenvalue weighted by molar-refractivity contribution is 5.69. The van der Waals surface area contributed by atoms with Crippen molar-refractivity contribution in [3.63, 3.8) is 0 Å². The van der Waals surface area contributed by atoms with Gasteiger partial charge in [0.1, 0.15) is 17.3 Å². The van der Waals surface area contributed by atoms with Gasteiger partial charge < -0.3 is 18.7 Å². The smallest absolute Gasteiger partial charge is 0.309 e. The Morgan fingerprint density at radius 2 is 1.71 bits per heavy atom. The highest BCUT2D eigenvalue weighted by Crippen LogP contribution is 2.18. The summed E-state index contributed by atoms with van der Waals surface area (Å²) < 4.78 is 34.0. The number of carbonyl (C=O) groups is 1. The molecule has 0 saturated carbocycles. The Morgan fingerprint density at radius 3 is 2.39 bits per heavy atom. The van der Waals surface area contributed by atoms with Crippen LogP contribution in [0.5, 0.6) is 11.5 Å². The van der Waals surface area contributed by atoms with Crippen molar-refractivity contribution < 1.29 is 27.9 Å². The normalized spacial score (nSPS) is 10.5. The SMILES string of the molecule is CCOc1ccc(OCCC(=O)OCc2noc(-c3ccc(F)cc3)n2)cc1. The van der Waals surface area contributed by atoms with Crippen LogP contribution in [0, 0.1) is 5.82 Å². The Kier molecular flexibility index (Phi) is 6.56. The van der Waals surface area contributed by atoms with Gasteiger partial charge in [0.15, 0.2) is 6.61 Å². The fraction of sp³-hybridized carbons (Fsp3) is 0.250. The number of rotatable bonds is 9. The first kappa shape index (κ1) is 19.3. The summed E-state index contributed by atoms with van der Waals surface area (Å²) in [5, 5.41) is 3.74. The van der Waals surface area contributed by atoms with E-state index in [1.807, 2.05) is 6.92 Å². The third kappa shape index (κ3) is 5.54. The summed E-state index contributed by atoms with van der Waals surface area (Å²) in [5.41, 5.74) is 0.579. The maximum Gasteiger partial charge on any atom is 0.309 e. The van der Waals surface area contributed by atoms with Crippen LogP contribution in [0.2, 0.25) is 0 Å². The minimum atomic E-state index is -0.445. The van der Waals surface area contributed by atoms with E-state index < -0.39 is 5.97 Å². The summed E-state index contributed by atoms with van der Waals surface area (Å²) >= 11 is 0. The molecule has 0 atom stereocenters. The Labute approximate surface area is 161 Å². The first-order valence-corrected chi connectivity index (χ1v) is 8.74. The molecule has 0 radical (unpaired) electrons. The lowest BCUT2D eigenvalue weighted by atomic mass is 10.2. The molecule has 7 nitrogen and oxygen atoms in total. The molecule has 0 N–H and O–H groups in total. The molecule has 0 saturated heterocycles. The molecule has 8 heteroatoms. The molecule has 0 aliphatic heterocycles. The Balaban J connectivity index is 1.40. The fourth-order valence-corrected chi connectivity index (χ4v) is 2.29. The molecule has 0 amide bonds. The van der Waals surface area contributed by atoms with E-state index >= 15 is 0 Å². The van der Waals surface area contributed by atoms with Crippen LogP contribution in [0.4, 0.5) is 4.39 Å². The van der Waals surface area contributed by atoms with Gasteiger partial charge in [0.05, 0.1) is 19.6 Å². The van der Waals surface area contributed by atoms with Gasteiger partial charge in [0.25, 0.3) is 5.89 Å². The summed E-state index contributed by atoms with van der Waals surface area (Å²) in [5.74, 6) is 1.04. The van der Waals surface area contributed by atoms with E-state index in [2.05, 4.69) is 10.1 Å². The zero-order valence-electron chi connectivity index (χ0n) is 15.3. The van der Waals surface area contributed by atoms with Crippen LogP contribution in [-0.2, 0) is 16.1 Å². The van der Waals surface area contributed by atoms with Crippen LogP contribution in [0.3, 0.4) is 0 Å². The second-order valence-corrected chi connectivity index (χ2v) is 5.69. The number of esters is 1. The van der Waals surface area contributed by atoms with E-state index in [0.717, 1.165) is 5.75 Å². The molecule has 146 valence electrons. The van der Waals surface area contributed by atoms with Crippen molar-refractivity contribution in [3.8, 4) is 23.0 Å². The monoisotopic (exact) mass is 386 g/mol. The number of aromatic nitrogens is 2. The lowest BCUT2D eigenvalue weighted by Gasteiger charge is -2.07. The molecule has 1 aromatic heterocycles. The topological polar surface area (TPSA) is 83.7 Å². The maximum absolute atomic E-state index is 12.9. The van der Waals surface area contributed by atoms with Crippen LogP contribution >= 0.6 is 0 Å². The molecule has 0 bridgehead atoms. The number of ether oxygens (including phenoxy) is 3. The van der Waals surface area contributed by atoms with Crippen molar-refractivity contribution in [1.29, 1.82) is 0 Å². The van der Waals surface area contributed by atoms with E-state index in [1.54, 1.807) is 24.3 Å². The molecule has 28 heavy (non-hydrogen) atoms. The molecule has 3 aromatic rings. The van der Waals surface area contributed by atoms with Gasteiger partial charge >= 0.3 is 5.97 Å². The standard InChI is InChI=1S/C20H19FN2O5/c1-2-25-16-7-9-17(10-8-16)26-12-11-19(24)27-13-18-22-20(28-23-18)14-3-5-15(21)6-4-14/h3-10H,2,11-13H2,1H3. The van der Waals surface area contributed by atoms with Crippen molar-refractivity contribution in [2.75, 3.05) is 13.2 Å². The predicted octanol–water partition coefficient (Wildman–Crippen LogP) is 3.79. The largest absolute Gasteiger partial charge is 0.494 e. The third-order valence-corrected chi connectivity index (χ3v) is 3.63. The highest BCUT2D eigenvalue weighted by Gasteiger charge is 2.11. The lowest BCUT2D eigenvalue weighted by Crippen LogP contribution is -2.10. The van der Waals surface area contributed by atoms with Gasteiger partial charge in [0.2, 0.25) is 5.82 Å². The molecule has 0 spiro atoms. The maximum atomic E-state index is 12.9. The van der Waals surface area contributed by atoms with Crippen molar-refractivity contribution in [3.05, 3.63) is 60.2 Å². The van der Waals surface area contributed by atoms with E-state index in [-0.39, 0.29) is 37.2 Å². The van der Waals surface area contributed by atoms with Gasteiger partial charge in [-0.15, -0.1) is 0 Å². The van der Waals surface area contributed by atoms with Gasteiger partial charge in [0, 0.05) is 5.56 Å². The first-order valence-electron chi connectivity index (χ1n) is 8.74. The van der Waals surface area contributed by atoms with E-state index in [1.165, 1.54) is 24.3 Å². The molecular formula is C20H19FN2O5. The molecule has 2 aromatic carbocycles. The van der Waals surface area contributed by atoms with Crippen LogP contribution in [0.1, 0.15) is 19.2 Å². The minimum absolute atomic E-state index is 0.0792. The van der Waals surface area contributed by atoms with E-state index in [0.29, 0.717) is 17.9 Å². The van der Waals surface area contributed by atoms with Crippen molar-refractivity contribution in [2.45, 2.75) is 20.0 Å². The predicted molar refractivity (Wildman–Crippen MR) is 97.2 cm³/mol. The Morgan fingerprint density at radius 1 is 1.04 bits per heavy atom. The summed E-state index contributed by atoms with van der Waals surface area (Å²) in [6.45, 7) is 2.57. The number of nitrogens with zero attached hydrogens (tertiary/aromatic N) is 2. The van der Waals surface area contributed by atoms with E-state index in [9.17, 15) is 9.18 Å². The quantitative estimate of drug-likeness (QED) is 0.517. The lowest BCUT2D eigenvalue weighted by molar-refractivity contribution is -0.145. The highest BCUT2D eigenvalue weighted by atomic mass is 19.1. The minimum Gasteiger partial charge on any atom is -0.494 e. The third-order valence-electron chi connectivity index (χ3n) is 3.63. The summed E-state index contributed by atoms with van der Waals surface area (Å²) in [6.07, 6.45) is 0.0792. The average molecular weight is 386 g/mol. The summed E-state index contributed by atoms with van der Waals surface area (Å²) in [6, 6.07) is 12.8. The van der Waals surface area contributed by atoms with Crippen molar-refractivity contribution in [2.24, 2.45) is 0 Å². The second kappa shape index (κ2) is 9.50. The number of carbonyl (C=O) groups excluding carboxylic acids is 1. The summed E-state index contributed by atoms with van der Waals surface area (Å²) in [7, 11) is 0. The Bertz CT molecular complexity index is 894. The number of hydrogen-bond donors (Lipinski definition) is 0. The molecular weight excluding hydrogens is 367 g/mol. The molecule has 0 fully saturated rings. The van der Waals surface area contributed by atoms with Crippen LogP contribution in [0.25, 0.3) is 11.5 Å². The van der Waals surface area contributed by atoms with Crippen LogP contribution in [-0.4, -0.2) is 29.3 Å². The number of benzene rings is 2. The van der Waals surface area contributed by atoms with Crippen molar-refractivity contribution in [1.82, 2.24) is 10.1 Å². The Hall–Kier alpha value is -3.42. The molecule has 0 unspecified atom stereocenters. The zero-order valence-corrected chi connectivity index (χ0v) is 15.3. The van der Waals surface area contributed by atoms with Gasteiger partial charge in [-0.2, -0.15) is 4.98 Å². The van der Waals surface area contributed by atoms with E-state index in [4.69, 9.17) is 18.7 Å². The van der Waals surface area contributed by atoms with Gasteiger partial charge in [-0.1, -0.05) is 5.16 Å². The van der Waals surface area contributed by atoms with Crippen LogP contribution < -0.4 is 9.47 Å².